The Labute approximate surface area is 160 Å². The fourth-order valence-electron chi connectivity index (χ4n) is 3.54. The third-order valence-electron chi connectivity index (χ3n) is 4.84. The van der Waals surface area contributed by atoms with E-state index in [1.54, 1.807) is 13.1 Å². The number of carboxylic acid groups (broad SMARTS) is 1. The zero-order valence-corrected chi connectivity index (χ0v) is 18.0. The Bertz CT molecular complexity index is 809. The molecule has 0 radical (unpaired) electrons. The van der Waals surface area contributed by atoms with Gasteiger partial charge in [-0.3, -0.25) is 19.1 Å². The number of H-pyrrole nitrogens is 1. The molecule has 0 aliphatic carbocycles. The van der Waals surface area contributed by atoms with Crippen LogP contribution in [0, 0.1) is 6.92 Å². The lowest BCUT2D eigenvalue weighted by Gasteiger charge is -2.34. The molecule has 0 saturated carbocycles. The first-order valence-electron chi connectivity index (χ1n) is 9.26. The van der Waals surface area contributed by atoms with Gasteiger partial charge in [0.25, 0.3) is 5.56 Å². The van der Waals surface area contributed by atoms with E-state index in [9.17, 15) is 14.4 Å². The Morgan fingerprint density at radius 3 is 2.59 bits per heavy atom. The first-order chi connectivity index (χ1) is 12.4. The molecule has 1 aromatic rings. The Balaban J connectivity index is 2.50. The molecule has 2 heterocycles. The summed E-state index contributed by atoms with van der Waals surface area (Å²) in [4.78, 5) is 37.8. The van der Waals surface area contributed by atoms with Crippen LogP contribution in [0.5, 0.6) is 0 Å². The van der Waals surface area contributed by atoms with Crippen molar-refractivity contribution in [2.24, 2.45) is 0 Å². The standard InChI is InChI=1S/C18H30N2O6Si/c1-11-10-20(16(24)19-15(11)23)18(27(5)6)9-13(25-17(2,3)4)12(26-18)7-8-14(21)22/h10,12-13,27H,7-9H2,1-6H3,(H,21,22)(H,19,23,24)/t12-,13+,18+/m1/s1. The van der Waals surface area contributed by atoms with Crippen LogP contribution in [0.1, 0.15) is 45.6 Å². The summed E-state index contributed by atoms with van der Waals surface area (Å²) in [7, 11) is -1.65. The fourth-order valence-corrected chi connectivity index (χ4v) is 5.44. The molecule has 0 unspecified atom stereocenters. The van der Waals surface area contributed by atoms with E-state index in [0.29, 0.717) is 18.4 Å². The molecule has 9 heteroatoms. The van der Waals surface area contributed by atoms with Crippen LogP contribution in [0.2, 0.25) is 13.1 Å². The smallest absolute Gasteiger partial charge is 0.330 e. The zero-order chi connectivity index (χ0) is 20.6. The van der Waals surface area contributed by atoms with Crippen LogP contribution in [-0.4, -0.2) is 47.2 Å². The zero-order valence-electron chi connectivity index (χ0n) is 16.9. The first kappa shape index (κ1) is 21.6. The second kappa shape index (κ2) is 7.73. The number of hydrogen-bond acceptors (Lipinski definition) is 5. The van der Waals surface area contributed by atoms with Crippen LogP contribution in [0.3, 0.4) is 0 Å². The monoisotopic (exact) mass is 398 g/mol. The second-order valence-corrected chi connectivity index (χ2v) is 11.7. The molecule has 152 valence electrons. The summed E-state index contributed by atoms with van der Waals surface area (Å²) in [5, 5.41) is 8.19. The number of rotatable bonds is 6. The van der Waals surface area contributed by atoms with E-state index in [0.717, 1.165) is 0 Å². The molecule has 27 heavy (non-hydrogen) atoms. The Morgan fingerprint density at radius 1 is 1.44 bits per heavy atom. The number of carbonyl (C=O) groups is 1. The van der Waals surface area contributed by atoms with Gasteiger partial charge < -0.3 is 14.6 Å². The molecule has 8 nitrogen and oxygen atoms in total. The average molecular weight is 399 g/mol. The third-order valence-corrected chi connectivity index (χ3v) is 7.30. The number of carboxylic acids is 1. The molecule has 0 bridgehead atoms. The minimum Gasteiger partial charge on any atom is -0.481 e. The van der Waals surface area contributed by atoms with Crippen molar-refractivity contribution in [1.29, 1.82) is 0 Å². The lowest BCUT2D eigenvalue weighted by atomic mass is 10.1. The van der Waals surface area contributed by atoms with Gasteiger partial charge in [0, 0.05) is 24.6 Å². The summed E-state index contributed by atoms with van der Waals surface area (Å²) in [6, 6.07) is 0. The Hall–Kier alpha value is -1.71. The van der Waals surface area contributed by atoms with Crippen molar-refractivity contribution >= 4 is 14.8 Å². The molecule has 0 aromatic carbocycles. The molecule has 1 aliphatic rings. The van der Waals surface area contributed by atoms with E-state index < -0.39 is 43.1 Å². The van der Waals surface area contributed by atoms with Crippen molar-refractivity contribution in [3.8, 4) is 0 Å². The Morgan fingerprint density at radius 2 is 2.07 bits per heavy atom. The molecule has 0 amide bonds. The molecule has 2 rings (SSSR count). The first-order valence-corrected chi connectivity index (χ1v) is 12.1. The molecule has 1 fully saturated rings. The van der Waals surface area contributed by atoms with Gasteiger partial charge in [-0.1, -0.05) is 13.1 Å². The summed E-state index contributed by atoms with van der Waals surface area (Å²) >= 11 is 0. The van der Waals surface area contributed by atoms with Crippen LogP contribution in [0.15, 0.2) is 15.8 Å². The highest BCUT2D eigenvalue weighted by Crippen LogP contribution is 2.41. The fraction of sp³-hybridized carbons (Fsp3) is 0.722. The quantitative estimate of drug-likeness (QED) is 0.700. The summed E-state index contributed by atoms with van der Waals surface area (Å²) in [5.74, 6) is -0.899. The molecule has 3 atom stereocenters. The van der Waals surface area contributed by atoms with Gasteiger partial charge in [-0.05, 0) is 34.1 Å². The summed E-state index contributed by atoms with van der Waals surface area (Å²) in [6.45, 7) is 11.6. The molecule has 1 aliphatic heterocycles. The summed E-state index contributed by atoms with van der Waals surface area (Å²) in [5.41, 5.74) is -0.940. The van der Waals surface area contributed by atoms with Crippen molar-refractivity contribution in [2.45, 2.75) is 83.2 Å². The molecule has 1 saturated heterocycles. The van der Waals surface area contributed by atoms with E-state index >= 15 is 0 Å². The number of aromatic amines is 1. The van der Waals surface area contributed by atoms with Gasteiger partial charge in [0.2, 0.25) is 0 Å². The number of nitrogens with zero attached hydrogens (tertiary/aromatic N) is 1. The van der Waals surface area contributed by atoms with Crippen molar-refractivity contribution in [3.63, 3.8) is 0 Å². The Kier molecular flexibility index (Phi) is 6.18. The molecular formula is C18H30N2O6Si. The second-order valence-electron chi connectivity index (χ2n) is 8.50. The maximum atomic E-state index is 12.6. The minimum absolute atomic E-state index is 0.0377. The molecule has 0 spiro atoms. The van der Waals surface area contributed by atoms with Crippen LogP contribution >= 0.6 is 0 Å². The molecular weight excluding hydrogens is 368 g/mol. The SMILES string of the molecule is Cc1cn([C@@]2([SiH](C)C)C[C@H](OC(C)(C)C)[C@@H](CCC(=O)O)O2)c(=O)[nH]c1=O. The lowest BCUT2D eigenvalue weighted by Crippen LogP contribution is -2.52. The normalized spacial score (nSPS) is 25.9. The van der Waals surface area contributed by atoms with Gasteiger partial charge in [-0.15, -0.1) is 0 Å². The minimum atomic E-state index is -1.65. The summed E-state index contributed by atoms with van der Waals surface area (Å²) in [6.07, 6.45) is 1.49. The maximum Gasteiger partial charge on any atom is 0.330 e. The number of hydrogen-bond donors (Lipinski definition) is 2. The lowest BCUT2D eigenvalue weighted by molar-refractivity contribution is -0.139. The van der Waals surface area contributed by atoms with Crippen molar-refractivity contribution < 1.29 is 19.4 Å². The average Bonchev–Trinajstić information content (AvgIpc) is 2.86. The number of aryl methyl sites for hydroxylation is 1. The van der Waals surface area contributed by atoms with E-state index in [1.165, 1.54) is 4.57 Å². The molecule has 2 N–H and O–H groups in total. The van der Waals surface area contributed by atoms with Crippen molar-refractivity contribution in [1.82, 2.24) is 9.55 Å². The highest BCUT2D eigenvalue weighted by molar-refractivity contribution is 6.58. The molecule has 1 aromatic heterocycles. The van der Waals surface area contributed by atoms with Gasteiger partial charge >= 0.3 is 11.7 Å². The van der Waals surface area contributed by atoms with Crippen LogP contribution < -0.4 is 11.2 Å². The third kappa shape index (κ3) is 4.77. The number of nitrogens with one attached hydrogen (secondary N) is 1. The van der Waals surface area contributed by atoms with E-state index in [1.807, 2.05) is 20.8 Å². The van der Waals surface area contributed by atoms with E-state index in [4.69, 9.17) is 14.6 Å². The predicted octanol–water partition coefficient (Wildman–Crippen LogP) is 1.36. The number of aromatic nitrogens is 2. The number of aliphatic carboxylic acids is 1. The van der Waals surface area contributed by atoms with Gasteiger partial charge in [-0.2, -0.15) is 0 Å². The highest BCUT2D eigenvalue weighted by Gasteiger charge is 2.52. The van der Waals surface area contributed by atoms with Crippen LogP contribution in [0.25, 0.3) is 0 Å². The topological polar surface area (TPSA) is 111 Å². The maximum absolute atomic E-state index is 12.6. The summed E-state index contributed by atoms with van der Waals surface area (Å²) < 4.78 is 14.1. The van der Waals surface area contributed by atoms with Gasteiger partial charge in [0.1, 0.15) is 5.35 Å². The largest absolute Gasteiger partial charge is 0.481 e. The van der Waals surface area contributed by atoms with Crippen molar-refractivity contribution in [2.75, 3.05) is 0 Å². The van der Waals surface area contributed by atoms with E-state index in [2.05, 4.69) is 18.1 Å². The van der Waals surface area contributed by atoms with Crippen LogP contribution in [0.4, 0.5) is 0 Å². The van der Waals surface area contributed by atoms with Crippen molar-refractivity contribution in [3.05, 3.63) is 32.6 Å². The van der Waals surface area contributed by atoms with Crippen LogP contribution in [-0.2, 0) is 19.6 Å². The van der Waals surface area contributed by atoms with Gasteiger partial charge in [0.15, 0.2) is 0 Å². The van der Waals surface area contributed by atoms with Gasteiger partial charge in [0.05, 0.1) is 26.6 Å². The number of ether oxygens (including phenoxy) is 2. The predicted molar refractivity (Wildman–Crippen MR) is 104 cm³/mol. The van der Waals surface area contributed by atoms with Gasteiger partial charge in [-0.25, -0.2) is 4.79 Å². The van der Waals surface area contributed by atoms with E-state index in [-0.39, 0.29) is 12.5 Å². The highest BCUT2D eigenvalue weighted by atomic mass is 28.3.